The maximum atomic E-state index is 12.2. The van der Waals surface area contributed by atoms with E-state index in [9.17, 15) is 15.0 Å². The quantitative estimate of drug-likeness (QED) is 0.606. The zero-order chi connectivity index (χ0) is 17.4. The number of carbonyl (C=O) groups excluding carboxylic acids is 1. The average Bonchev–Trinajstić information content (AvgIpc) is 2.54. The van der Waals surface area contributed by atoms with Gasteiger partial charge in [-0.15, -0.1) is 0 Å². The number of aryl methyl sites for hydroxylation is 1. The molecule has 0 bridgehead atoms. The lowest BCUT2D eigenvalue weighted by Crippen LogP contribution is -2.11. The van der Waals surface area contributed by atoms with Crippen molar-refractivity contribution in [2.75, 3.05) is 5.32 Å². The number of nitrogens with one attached hydrogen (secondary N) is 1. The molecule has 24 heavy (non-hydrogen) atoms. The van der Waals surface area contributed by atoms with Crippen LogP contribution in [0.1, 0.15) is 54.9 Å². The molecule has 0 aliphatic carbocycles. The molecule has 0 aliphatic heterocycles. The number of unbranched alkanes of at least 4 members (excludes halogenated alkanes) is 4. The molecule has 0 aromatic heterocycles. The van der Waals surface area contributed by atoms with E-state index in [1.807, 2.05) is 12.1 Å². The molecule has 0 heterocycles. The highest BCUT2D eigenvalue weighted by molar-refractivity contribution is 6.04. The highest BCUT2D eigenvalue weighted by Gasteiger charge is 2.07. The predicted octanol–water partition coefficient (Wildman–Crippen LogP) is 4.86. The molecule has 0 spiro atoms. The van der Waals surface area contributed by atoms with Crippen LogP contribution in [0.3, 0.4) is 0 Å². The summed E-state index contributed by atoms with van der Waals surface area (Å²) in [5.74, 6) is -0.457. The second-order valence-electron chi connectivity index (χ2n) is 6.05. The number of aromatic hydroxyl groups is 2. The Labute approximate surface area is 143 Å². The third kappa shape index (κ3) is 5.61. The average molecular weight is 327 g/mol. The fraction of sp³-hybridized carbons (Fsp3) is 0.350. The van der Waals surface area contributed by atoms with Crippen molar-refractivity contribution in [1.82, 2.24) is 0 Å². The van der Waals surface area contributed by atoms with Gasteiger partial charge in [0.05, 0.1) is 0 Å². The first-order valence-electron chi connectivity index (χ1n) is 8.52. The maximum absolute atomic E-state index is 12.2. The fourth-order valence-corrected chi connectivity index (χ4v) is 2.63. The van der Waals surface area contributed by atoms with Gasteiger partial charge in [-0.25, -0.2) is 0 Å². The zero-order valence-electron chi connectivity index (χ0n) is 14.1. The second-order valence-corrected chi connectivity index (χ2v) is 6.05. The molecule has 1 amide bonds. The minimum absolute atomic E-state index is 0.0938. The van der Waals surface area contributed by atoms with Gasteiger partial charge in [0.2, 0.25) is 0 Å². The first kappa shape index (κ1) is 17.9. The van der Waals surface area contributed by atoms with Gasteiger partial charge in [-0.3, -0.25) is 4.79 Å². The number of hydrogen-bond acceptors (Lipinski definition) is 3. The lowest BCUT2D eigenvalue weighted by Gasteiger charge is -2.07. The molecular weight excluding hydrogens is 302 g/mol. The van der Waals surface area contributed by atoms with Crippen molar-refractivity contribution >= 4 is 11.6 Å². The van der Waals surface area contributed by atoms with Gasteiger partial charge in [0.25, 0.3) is 5.91 Å². The third-order valence-corrected chi connectivity index (χ3v) is 3.95. The lowest BCUT2D eigenvalue weighted by molar-refractivity contribution is 0.102. The van der Waals surface area contributed by atoms with Crippen LogP contribution in [0.4, 0.5) is 5.69 Å². The Morgan fingerprint density at radius 1 is 0.917 bits per heavy atom. The van der Waals surface area contributed by atoms with E-state index in [2.05, 4.69) is 12.2 Å². The first-order chi connectivity index (χ1) is 11.6. The summed E-state index contributed by atoms with van der Waals surface area (Å²) in [4.78, 5) is 12.2. The largest absolute Gasteiger partial charge is 0.508 e. The molecule has 0 fully saturated rings. The fourth-order valence-electron chi connectivity index (χ4n) is 2.63. The van der Waals surface area contributed by atoms with Crippen molar-refractivity contribution < 1.29 is 15.0 Å². The number of hydrogen-bond donors (Lipinski definition) is 3. The number of phenols is 2. The van der Waals surface area contributed by atoms with Gasteiger partial charge in [0, 0.05) is 29.4 Å². The highest BCUT2D eigenvalue weighted by atomic mass is 16.3. The van der Waals surface area contributed by atoms with Gasteiger partial charge in [-0.1, -0.05) is 44.7 Å². The summed E-state index contributed by atoms with van der Waals surface area (Å²) in [6, 6.07) is 11.6. The zero-order valence-corrected chi connectivity index (χ0v) is 14.1. The molecule has 0 unspecified atom stereocenters. The van der Waals surface area contributed by atoms with E-state index in [4.69, 9.17) is 0 Å². The molecule has 2 rings (SSSR count). The van der Waals surface area contributed by atoms with E-state index >= 15 is 0 Å². The molecule has 0 aliphatic rings. The van der Waals surface area contributed by atoms with Crippen molar-refractivity contribution in [3.05, 3.63) is 53.6 Å². The summed E-state index contributed by atoms with van der Waals surface area (Å²) in [6.45, 7) is 2.21. The standard InChI is InChI=1S/C20H25NO3/c1-2-3-4-5-6-7-15-8-10-16(11-9-15)20(24)21-17-12-18(22)14-19(23)13-17/h8-14,22-23H,2-7H2,1H3,(H,21,24). The van der Waals surface area contributed by atoms with Gasteiger partial charge in [-0.05, 0) is 30.5 Å². The van der Waals surface area contributed by atoms with Gasteiger partial charge in [0.15, 0.2) is 0 Å². The Bertz CT molecular complexity index is 645. The van der Waals surface area contributed by atoms with Crippen LogP contribution in [0.15, 0.2) is 42.5 Å². The molecule has 2 aromatic rings. The number of amides is 1. The molecular formula is C20H25NO3. The first-order valence-corrected chi connectivity index (χ1v) is 8.52. The van der Waals surface area contributed by atoms with E-state index < -0.39 is 0 Å². The van der Waals surface area contributed by atoms with Crippen LogP contribution >= 0.6 is 0 Å². The maximum Gasteiger partial charge on any atom is 0.255 e. The number of carbonyl (C=O) groups is 1. The Balaban J connectivity index is 1.88. The Morgan fingerprint density at radius 3 is 2.17 bits per heavy atom. The summed E-state index contributed by atoms with van der Waals surface area (Å²) < 4.78 is 0. The minimum Gasteiger partial charge on any atom is -0.508 e. The van der Waals surface area contributed by atoms with Crippen LogP contribution in [0.2, 0.25) is 0 Å². The monoisotopic (exact) mass is 327 g/mol. The number of rotatable bonds is 8. The van der Waals surface area contributed by atoms with Crippen LogP contribution in [0, 0.1) is 0 Å². The Morgan fingerprint density at radius 2 is 1.54 bits per heavy atom. The highest BCUT2D eigenvalue weighted by Crippen LogP contribution is 2.24. The molecule has 0 atom stereocenters. The topological polar surface area (TPSA) is 69.6 Å². The summed E-state index contributed by atoms with van der Waals surface area (Å²) in [7, 11) is 0. The van der Waals surface area contributed by atoms with Crippen molar-refractivity contribution in [2.45, 2.75) is 45.4 Å². The van der Waals surface area contributed by atoms with Crippen LogP contribution in [-0.2, 0) is 6.42 Å². The molecule has 128 valence electrons. The van der Waals surface area contributed by atoms with E-state index in [0.29, 0.717) is 11.3 Å². The minimum atomic E-state index is -0.269. The number of anilines is 1. The molecule has 4 heteroatoms. The molecule has 0 saturated heterocycles. The summed E-state index contributed by atoms with van der Waals surface area (Å²) >= 11 is 0. The van der Waals surface area contributed by atoms with Crippen LogP contribution in [-0.4, -0.2) is 16.1 Å². The normalized spacial score (nSPS) is 10.5. The van der Waals surface area contributed by atoms with E-state index in [-0.39, 0.29) is 17.4 Å². The van der Waals surface area contributed by atoms with Gasteiger partial charge in [-0.2, -0.15) is 0 Å². The predicted molar refractivity (Wildman–Crippen MR) is 96.6 cm³/mol. The third-order valence-electron chi connectivity index (χ3n) is 3.95. The van der Waals surface area contributed by atoms with Crippen LogP contribution in [0.5, 0.6) is 11.5 Å². The molecule has 4 nitrogen and oxygen atoms in total. The van der Waals surface area contributed by atoms with Crippen molar-refractivity contribution in [3.63, 3.8) is 0 Å². The van der Waals surface area contributed by atoms with Gasteiger partial charge < -0.3 is 15.5 Å². The SMILES string of the molecule is CCCCCCCc1ccc(C(=O)Nc2cc(O)cc(O)c2)cc1. The van der Waals surface area contributed by atoms with E-state index in [1.165, 1.54) is 55.9 Å². The Hall–Kier alpha value is -2.49. The summed E-state index contributed by atoms with van der Waals surface area (Å²) in [6.07, 6.45) is 7.29. The van der Waals surface area contributed by atoms with Crippen LogP contribution in [0.25, 0.3) is 0 Å². The van der Waals surface area contributed by atoms with Gasteiger partial charge >= 0.3 is 0 Å². The van der Waals surface area contributed by atoms with E-state index in [1.54, 1.807) is 12.1 Å². The van der Waals surface area contributed by atoms with Gasteiger partial charge in [0.1, 0.15) is 11.5 Å². The smallest absolute Gasteiger partial charge is 0.255 e. The van der Waals surface area contributed by atoms with Crippen molar-refractivity contribution in [2.24, 2.45) is 0 Å². The second kappa shape index (κ2) is 8.96. The summed E-state index contributed by atoms with van der Waals surface area (Å²) in [5, 5.41) is 21.5. The van der Waals surface area contributed by atoms with E-state index in [0.717, 1.165) is 6.42 Å². The lowest BCUT2D eigenvalue weighted by atomic mass is 10.0. The Kier molecular flexibility index (Phi) is 6.67. The van der Waals surface area contributed by atoms with Crippen molar-refractivity contribution in [3.8, 4) is 11.5 Å². The molecule has 2 aromatic carbocycles. The summed E-state index contributed by atoms with van der Waals surface area (Å²) in [5.41, 5.74) is 2.14. The van der Waals surface area contributed by atoms with Crippen LogP contribution < -0.4 is 5.32 Å². The number of benzene rings is 2. The number of phenolic OH excluding ortho intramolecular Hbond substituents is 2. The molecule has 0 radical (unpaired) electrons. The van der Waals surface area contributed by atoms with Crippen molar-refractivity contribution in [1.29, 1.82) is 0 Å². The molecule has 0 saturated carbocycles. The molecule has 3 N–H and O–H groups in total.